The molecule has 4 unspecified atom stereocenters. The Bertz CT molecular complexity index is 395. The molecule has 20 heavy (non-hydrogen) atoms. The van der Waals surface area contributed by atoms with E-state index in [1.807, 2.05) is 12.1 Å². The molecule has 0 aromatic heterocycles. The van der Waals surface area contributed by atoms with Gasteiger partial charge in [0, 0.05) is 0 Å². The average Bonchev–Trinajstić information content (AvgIpc) is 2.42. The highest BCUT2D eigenvalue weighted by molar-refractivity contribution is 5.21. The smallest absolute Gasteiger partial charge is 0.123 e. The number of rotatable bonds is 5. The molecular weight excluding hydrogens is 247 g/mol. The molecule has 0 saturated heterocycles. The minimum absolute atomic E-state index is 0.121. The van der Waals surface area contributed by atoms with Crippen molar-refractivity contribution in [3.05, 3.63) is 35.6 Å². The third kappa shape index (κ3) is 4.07. The molecule has 0 nitrogen and oxygen atoms in total. The van der Waals surface area contributed by atoms with E-state index in [-0.39, 0.29) is 5.82 Å². The van der Waals surface area contributed by atoms with Crippen molar-refractivity contribution in [2.75, 3.05) is 0 Å². The van der Waals surface area contributed by atoms with Crippen LogP contribution in [0.15, 0.2) is 24.3 Å². The molecule has 1 aliphatic carbocycles. The normalized spacial score (nSPS) is 28.3. The molecule has 1 aliphatic rings. The predicted octanol–water partition coefficient (Wildman–Crippen LogP) is 6.17. The summed E-state index contributed by atoms with van der Waals surface area (Å²) in [5.74, 6) is 3.09. The summed E-state index contributed by atoms with van der Waals surface area (Å²) >= 11 is 0. The summed E-state index contributed by atoms with van der Waals surface area (Å²) in [6.07, 6.45) is 7.96. The molecule has 112 valence electrons. The Kier molecular flexibility index (Phi) is 5.63. The molecule has 0 aliphatic heterocycles. The van der Waals surface area contributed by atoms with E-state index in [1.54, 1.807) is 12.1 Å². The lowest BCUT2D eigenvalue weighted by molar-refractivity contribution is 0.194. The Morgan fingerprint density at radius 3 is 2.50 bits per heavy atom. The molecular formula is C19H29F. The first-order valence-corrected chi connectivity index (χ1v) is 8.35. The summed E-state index contributed by atoms with van der Waals surface area (Å²) in [6, 6.07) is 7.17. The Morgan fingerprint density at radius 2 is 1.90 bits per heavy atom. The van der Waals surface area contributed by atoms with E-state index in [1.165, 1.54) is 44.1 Å². The van der Waals surface area contributed by atoms with E-state index >= 15 is 0 Å². The third-order valence-corrected chi connectivity index (χ3v) is 5.17. The second-order valence-corrected chi connectivity index (χ2v) is 6.93. The second-order valence-electron chi connectivity index (χ2n) is 6.93. The van der Waals surface area contributed by atoms with Gasteiger partial charge in [-0.25, -0.2) is 4.39 Å². The molecule has 1 fully saturated rings. The predicted molar refractivity (Wildman–Crippen MR) is 84.3 cm³/mol. The molecule has 2 rings (SSSR count). The zero-order valence-electron chi connectivity index (χ0n) is 13.2. The lowest BCUT2D eigenvalue weighted by Crippen LogP contribution is -2.23. The van der Waals surface area contributed by atoms with Gasteiger partial charge in [-0.05, 0) is 67.1 Å². The summed E-state index contributed by atoms with van der Waals surface area (Å²) in [5, 5.41) is 0. The van der Waals surface area contributed by atoms with Crippen LogP contribution in [0.2, 0.25) is 0 Å². The van der Waals surface area contributed by atoms with Gasteiger partial charge >= 0.3 is 0 Å². The topological polar surface area (TPSA) is 0 Å². The van der Waals surface area contributed by atoms with Crippen molar-refractivity contribution >= 4 is 0 Å². The van der Waals surface area contributed by atoms with E-state index in [9.17, 15) is 4.39 Å². The van der Waals surface area contributed by atoms with Gasteiger partial charge in [0.2, 0.25) is 0 Å². The molecule has 0 radical (unpaired) electrons. The SMILES string of the molecule is CCCC(C)CC1CCC(c2ccc(F)cc2)CC1C. The molecule has 1 aromatic rings. The fourth-order valence-corrected chi connectivity index (χ4v) is 3.97. The maximum absolute atomic E-state index is 13.0. The highest BCUT2D eigenvalue weighted by Crippen LogP contribution is 2.42. The van der Waals surface area contributed by atoms with Gasteiger partial charge in [0.05, 0.1) is 0 Å². The minimum atomic E-state index is -0.121. The van der Waals surface area contributed by atoms with Gasteiger partial charge in [-0.3, -0.25) is 0 Å². The van der Waals surface area contributed by atoms with Gasteiger partial charge in [0.15, 0.2) is 0 Å². The van der Waals surface area contributed by atoms with E-state index < -0.39 is 0 Å². The van der Waals surface area contributed by atoms with Crippen molar-refractivity contribution in [3.63, 3.8) is 0 Å². The number of hydrogen-bond donors (Lipinski definition) is 0. The van der Waals surface area contributed by atoms with E-state index in [0.717, 1.165) is 17.8 Å². The van der Waals surface area contributed by atoms with Gasteiger partial charge in [-0.15, -0.1) is 0 Å². The lowest BCUT2D eigenvalue weighted by atomic mass is 9.70. The molecule has 1 saturated carbocycles. The number of halogens is 1. The lowest BCUT2D eigenvalue weighted by Gasteiger charge is -2.36. The first-order valence-electron chi connectivity index (χ1n) is 8.35. The molecule has 0 spiro atoms. The fraction of sp³-hybridized carbons (Fsp3) is 0.684. The van der Waals surface area contributed by atoms with Crippen LogP contribution in [0.5, 0.6) is 0 Å². The standard InChI is InChI=1S/C19H29F/c1-4-5-14(2)12-17-6-7-18(13-15(17)3)16-8-10-19(20)11-9-16/h8-11,14-15,17-18H,4-7,12-13H2,1-3H3. The third-order valence-electron chi connectivity index (χ3n) is 5.17. The van der Waals surface area contributed by atoms with Crippen molar-refractivity contribution in [2.45, 2.75) is 65.2 Å². The maximum atomic E-state index is 13.0. The fourth-order valence-electron chi connectivity index (χ4n) is 3.97. The Hall–Kier alpha value is -0.850. The summed E-state index contributed by atoms with van der Waals surface area (Å²) in [4.78, 5) is 0. The minimum Gasteiger partial charge on any atom is -0.207 e. The zero-order chi connectivity index (χ0) is 14.5. The van der Waals surface area contributed by atoms with E-state index in [4.69, 9.17) is 0 Å². The molecule has 1 heteroatoms. The van der Waals surface area contributed by atoms with Gasteiger partial charge < -0.3 is 0 Å². The van der Waals surface area contributed by atoms with Crippen molar-refractivity contribution in [1.29, 1.82) is 0 Å². The van der Waals surface area contributed by atoms with Gasteiger partial charge in [0.25, 0.3) is 0 Å². The van der Waals surface area contributed by atoms with Crippen LogP contribution in [-0.2, 0) is 0 Å². The molecule has 0 amide bonds. The molecule has 1 aromatic carbocycles. The summed E-state index contributed by atoms with van der Waals surface area (Å²) in [7, 11) is 0. The number of benzene rings is 1. The zero-order valence-corrected chi connectivity index (χ0v) is 13.2. The van der Waals surface area contributed by atoms with E-state index in [0.29, 0.717) is 5.92 Å². The van der Waals surface area contributed by atoms with Gasteiger partial charge in [-0.2, -0.15) is 0 Å². The Morgan fingerprint density at radius 1 is 1.20 bits per heavy atom. The van der Waals surface area contributed by atoms with Crippen molar-refractivity contribution < 1.29 is 4.39 Å². The molecule has 0 heterocycles. The summed E-state index contributed by atoms with van der Waals surface area (Å²) in [5.41, 5.74) is 1.33. The highest BCUT2D eigenvalue weighted by atomic mass is 19.1. The highest BCUT2D eigenvalue weighted by Gasteiger charge is 2.29. The van der Waals surface area contributed by atoms with Crippen LogP contribution in [0.3, 0.4) is 0 Å². The molecule has 0 bridgehead atoms. The Balaban J connectivity index is 1.90. The first-order chi connectivity index (χ1) is 9.60. The summed E-state index contributed by atoms with van der Waals surface area (Å²) in [6.45, 7) is 7.10. The van der Waals surface area contributed by atoms with Crippen molar-refractivity contribution in [1.82, 2.24) is 0 Å². The van der Waals surface area contributed by atoms with Crippen molar-refractivity contribution in [3.8, 4) is 0 Å². The van der Waals surface area contributed by atoms with Crippen LogP contribution in [0.4, 0.5) is 4.39 Å². The summed E-state index contributed by atoms with van der Waals surface area (Å²) < 4.78 is 13.0. The van der Waals surface area contributed by atoms with E-state index in [2.05, 4.69) is 20.8 Å². The van der Waals surface area contributed by atoms with Crippen LogP contribution < -0.4 is 0 Å². The van der Waals surface area contributed by atoms with Crippen LogP contribution in [0, 0.1) is 23.6 Å². The van der Waals surface area contributed by atoms with Crippen LogP contribution in [-0.4, -0.2) is 0 Å². The monoisotopic (exact) mass is 276 g/mol. The van der Waals surface area contributed by atoms with Crippen molar-refractivity contribution in [2.24, 2.45) is 17.8 Å². The maximum Gasteiger partial charge on any atom is 0.123 e. The Labute approximate surface area is 123 Å². The van der Waals surface area contributed by atoms with Crippen LogP contribution in [0.25, 0.3) is 0 Å². The van der Waals surface area contributed by atoms with Gasteiger partial charge in [-0.1, -0.05) is 45.7 Å². The molecule has 0 N–H and O–H groups in total. The molecule has 4 atom stereocenters. The average molecular weight is 276 g/mol. The number of hydrogen-bond acceptors (Lipinski definition) is 0. The quantitative estimate of drug-likeness (QED) is 0.603. The first kappa shape index (κ1) is 15.5. The largest absolute Gasteiger partial charge is 0.207 e. The second kappa shape index (κ2) is 7.24. The van der Waals surface area contributed by atoms with Crippen LogP contribution in [0.1, 0.15) is 70.8 Å². The van der Waals surface area contributed by atoms with Crippen LogP contribution >= 0.6 is 0 Å². The van der Waals surface area contributed by atoms with Gasteiger partial charge in [0.1, 0.15) is 5.82 Å².